The summed E-state index contributed by atoms with van der Waals surface area (Å²) in [5.41, 5.74) is 1.02. The molecule has 2 aromatic carbocycles. The molecular formula is C16H19IN4O. The number of aliphatic hydroxyl groups is 1. The number of fused-ring (bicyclic) bond motifs is 1. The third kappa shape index (κ3) is 3.95. The van der Waals surface area contributed by atoms with E-state index in [1.165, 1.54) is 10.8 Å². The molecular weight excluding hydrogens is 391 g/mol. The van der Waals surface area contributed by atoms with Crippen LogP contribution in [-0.4, -0.2) is 48.5 Å². The van der Waals surface area contributed by atoms with Crippen molar-refractivity contribution in [1.29, 1.82) is 0 Å². The molecule has 0 spiro atoms. The molecule has 22 heavy (non-hydrogen) atoms. The fraction of sp³-hybridized carbons (Fsp3) is 0.250. The van der Waals surface area contributed by atoms with Gasteiger partial charge in [-0.2, -0.15) is 5.10 Å². The number of guanidine groups is 1. The van der Waals surface area contributed by atoms with Gasteiger partial charge in [-0.05, 0) is 22.4 Å². The molecule has 0 bridgehead atoms. The van der Waals surface area contributed by atoms with Gasteiger partial charge < -0.3 is 10.4 Å². The number of aliphatic imine (C=N–C) groups is 1. The van der Waals surface area contributed by atoms with Crippen LogP contribution in [0.3, 0.4) is 0 Å². The number of nitrogens with zero attached hydrogens (tertiary/aromatic N) is 3. The summed E-state index contributed by atoms with van der Waals surface area (Å²) in [5.74, 6) is 0.723. The summed E-state index contributed by atoms with van der Waals surface area (Å²) in [7, 11) is 0. The minimum atomic E-state index is 0. The third-order valence-electron chi connectivity index (χ3n) is 3.33. The molecule has 116 valence electrons. The number of aliphatic hydroxyl groups excluding tert-OH is 1. The first-order valence-electron chi connectivity index (χ1n) is 7.06. The molecule has 0 unspecified atom stereocenters. The lowest BCUT2D eigenvalue weighted by atomic mass is 10.1. The lowest BCUT2D eigenvalue weighted by molar-refractivity contribution is 0.251. The van der Waals surface area contributed by atoms with Crippen LogP contribution in [0.15, 0.2) is 52.6 Å². The van der Waals surface area contributed by atoms with Crippen LogP contribution in [0.5, 0.6) is 0 Å². The summed E-state index contributed by atoms with van der Waals surface area (Å²) in [6.07, 6.45) is 1.80. The summed E-state index contributed by atoms with van der Waals surface area (Å²) in [6, 6.07) is 14.4. The van der Waals surface area contributed by atoms with Crippen molar-refractivity contribution >= 4 is 46.9 Å². The summed E-state index contributed by atoms with van der Waals surface area (Å²) < 4.78 is 0. The Morgan fingerprint density at radius 3 is 2.77 bits per heavy atom. The summed E-state index contributed by atoms with van der Waals surface area (Å²) in [6.45, 7) is 2.04. The van der Waals surface area contributed by atoms with Gasteiger partial charge in [0.15, 0.2) is 0 Å². The van der Waals surface area contributed by atoms with E-state index in [-0.39, 0.29) is 30.6 Å². The zero-order valence-electron chi connectivity index (χ0n) is 12.1. The second-order valence-corrected chi connectivity index (χ2v) is 4.83. The molecule has 0 fully saturated rings. The van der Waals surface area contributed by atoms with E-state index in [2.05, 4.69) is 39.7 Å². The van der Waals surface area contributed by atoms with Gasteiger partial charge in [0.2, 0.25) is 5.96 Å². The van der Waals surface area contributed by atoms with Gasteiger partial charge in [0, 0.05) is 6.54 Å². The second-order valence-electron chi connectivity index (χ2n) is 4.83. The van der Waals surface area contributed by atoms with E-state index >= 15 is 0 Å². The Morgan fingerprint density at radius 2 is 2.05 bits per heavy atom. The smallest absolute Gasteiger partial charge is 0.215 e. The Balaban J connectivity index is 0.00000176. The van der Waals surface area contributed by atoms with Crippen LogP contribution in [0.1, 0.15) is 5.56 Å². The highest BCUT2D eigenvalue weighted by atomic mass is 127. The first-order chi connectivity index (χ1) is 10.4. The SMILES string of the molecule is I.OCCN(/N=C/c1ccc2ccccc2c1)C1=NCCN1. The molecule has 0 atom stereocenters. The number of rotatable bonds is 4. The summed E-state index contributed by atoms with van der Waals surface area (Å²) in [4.78, 5) is 4.32. The van der Waals surface area contributed by atoms with Gasteiger partial charge in [0.1, 0.15) is 0 Å². The number of hydrogen-bond donors (Lipinski definition) is 2. The van der Waals surface area contributed by atoms with Crippen LogP contribution < -0.4 is 5.32 Å². The molecule has 0 radical (unpaired) electrons. The summed E-state index contributed by atoms with van der Waals surface area (Å²) >= 11 is 0. The molecule has 0 saturated heterocycles. The monoisotopic (exact) mass is 410 g/mol. The topological polar surface area (TPSA) is 60.2 Å². The Kier molecular flexibility index (Phi) is 6.14. The number of hydrazone groups is 1. The van der Waals surface area contributed by atoms with Crippen molar-refractivity contribution in [3.63, 3.8) is 0 Å². The van der Waals surface area contributed by atoms with Gasteiger partial charge >= 0.3 is 0 Å². The van der Waals surface area contributed by atoms with Crippen molar-refractivity contribution < 1.29 is 5.11 Å². The van der Waals surface area contributed by atoms with E-state index in [0.29, 0.717) is 6.54 Å². The third-order valence-corrected chi connectivity index (χ3v) is 3.33. The number of nitrogens with one attached hydrogen (secondary N) is 1. The molecule has 1 aliphatic rings. The number of benzene rings is 2. The molecule has 0 saturated carbocycles. The maximum Gasteiger partial charge on any atom is 0.215 e. The first kappa shape index (κ1) is 16.7. The minimum absolute atomic E-state index is 0. The van der Waals surface area contributed by atoms with Gasteiger partial charge in [-0.25, -0.2) is 10.0 Å². The maximum atomic E-state index is 9.14. The molecule has 3 rings (SSSR count). The van der Waals surface area contributed by atoms with Gasteiger partial charge in [-0.1, -0.05) is 36.4 Å². The van der Waals surface area contributed by atoms with Gasteiger partial charge in [-0.15, -0.1) is 24.0 Å². The van der Waals surface area contributed by atoms with Crippen LogP contribution in [0, 0.1) is 0 Å². The molecule has 2 aromatic rings. The Labute approximate surface area is 146 Å². The Bertz CT molecular complexity index is 687. The van der Waals surface area contributed by atoms with Crippen LogP contribution in [0.4, 0.5) is 0 Å². The average Bonchev–Trinajstić information content (AvgIpc) is 3.05. The fourth-order valence-electron chi connectivity index (χ4n) is 2.30. The van der Waals surface area contributed by atoms with E-state index in [0.717, 1.165) is 24.6 Å². The predicted octanol–water partition coefficient (Wildman–Crippen LogP) is 2.05. The Hall–Kier alpha value is -1.67. The van der Waals surface area contributed by atoms with Crippen molar-refractivity contribution in [2.45, 2.75) is 0 Å². The normalized spacial score (nSPS) is 13.8. The largest absolute Gasteiger partial charge is 0.394 e. The molecule has 0 aliphatic carbocycles. The molecule has 5 nitrogen and oxygen atoms in total. The van der Waals surface area contributed by atoms with Gasteiger partial charge in [-0.3, -0.25) is 0 Å². The second kappa shape index (κ2) is 8.09. The highest BCUT2D eigenvalue weighted by Crippen LogP contribution is 2.14. The van der Waals surface area contributed by atoms with Crippen LogP contribution in [0.25, 0.3) is 10.8 Å². The van der Waals surface area contributed by atoms with Crippen LogP contribution in [-0.2, 0) is 0 Å². The molecule has 0 amide bonds. The van der Waals surface area contributed by atoms with Crippen molar-refractivity contribution in [1.82, 2.24) is 10.3 Å². The van der Waals surface area contributed by atoms with Crippen molar-refractivity contribution in [2.75, 3.05) is 26.2 Å². The summed E-state index contributed by atoms with van der Waals surface area (Å²) in [5, 5.41) is 20.8. The Morgan fingerprint density at radius 1 is 1.23 bits per heavy atom. The van der Waals surface area contributed by atoms with Crippen molar-refractivity contribution in [2.24, 2.45) is 10.1 Å². The maximum absolute atomic E-state index is 9.14. The van der Waals surface area contributed by atoms with Crippen molar-refractivity contribution in [3.05, 3.63) is 48.0 Å². The highest BCUT2D eigenvalue weighted by Gasteiger charge is 2.12. The molecule has 2 N–H and O–H groups in total. The van der Waals surface area contributed by atoms with Crippen molar-refractivity contribution in [3.8, 4) is 0 Å². The van der Waals surface area contributed by atoms with E-state index in [4.69, 9.17) is 5.11 Å². The van der Waals surface area contributed by atoms with E-state index < -0.39 is 0 Å². The zero-order valence-corrected chi connectivity index (χ0v) is 14.5. The number of halogens is 1. The quantitative estimate of drug-likeness (QED) is 0.461. The molecule has 0 aromatic heterocycles. The van der Waals surface area contributed by atoms with E-state index in [1.807, 2.05) is 18.2 Å². The molecule has 6 heteroatoms. The number of hydrogen-bond acceptors (Lipinski definition) is 5. The van der Waals surface area contributed by atoms with E-state index in [9.17, 15) is 0 Å². The van der Waals surface area contributed by atoms with Crippen LogP contribution >= 0.6 is 24.0 Å². The standard InChI is InChI=1S/C16H18N4O.HI/c21-10-9-20(16-17-7-8-18-16)19-12-13-5-6-14-3-1-2-4-15(14)11-13;/h1-6,11-12,21H,7-10H2,(H,17,18);1H/b19-12+;. The lowest BCUT2D eigenvalue weighted by Gasteiger charge is -2.17. The average molecular weight is 410 g/mol. The lowest BCUT2D eigenvalue weighted by Crippen LogP contribution is -2.36. The first-order valence-corrected chi connectivity index (χ1v) is 7.06. The van der Waals surface area contributed by atoms with Gasteiger partial charge in [0.05, 0.1) is 25.9 Å². The molecule has 1 aliphatic heterocycles. The fourth-order valence-corrected chi connectivity index (χ4v) is 2.30. The molecule has 1 heterocycles. The van der Waals surface area contributed by atoms with Crippen LogP contribution in [0.2, 0.25) is 0 Å². The predicted molar refractivity (Wildman–Crippen MR) is 101 cm³/mol. The highest BCUT2D eigenvalue weighted by molar-refractivity contribution is 14.0. The minimum Gasteiger partial charge on any atom is -0.394 e. The van der Waals surface area contributed by atoms with Gasteiger partial charge in [0.25, 0.3) is 0 Å². The van der Waals surface area contributed by atoms with E-state index in [1.54, 1.807) is 11.2 Å². The zero-order chi connectivity index (χ0) is 14.5.